The van der Waals surface area contributed by atoms with E-state index in [2.05, 4.69) is 41.2 Å². The Morgan fingerprint density at radius 1 is 1.35 bits per heavy atom. The lowest BCUT2D eigenvalue weighted by molar-refractivity contribution is 0.0939. The van der Waals surface area contributed by atoms with Gasteiger partial charge in [0, 0.05) is 19.2 Å². The van der Waals surface area contributed by atoms with Crippen LogP contribution in [0.4, 0.5) is 0 Å². The van der Waals surface area contributed by atoms with Crippen LogP contribution >= 0.6 is 38.9 Å². The molecule has 5 heteroatoms. The minimum Gasteiger partial charge on any atom is -0.345 e. The zero-order valence-electron chi connectivity index (χ0n) is 11.5. The SMILES string of the molecule is Cc1cc(C(C)NC(=O)c2ccc(Cl)cc2Br)c(C)s1. The van der Waals surface area contributed by atoms with Crippen molar-refractivity contribution in [3.05, 3.63) is 54.6 Å². The predicted molar refractivity (Wildman–Crippen MR) is 88.8 cm³/mol. The smallest absolute Gasteiger partial charge is 0.252 e. The summed E-state index contributed by atoms with van der Waals surface area (Å²) in [7, 11) is 0. The van der Waals surface area contributed by atoms with Crippen LogP contribution in [0.1, 0.15) is 38.6 Å². The summed E-state index contributed by atoms with van der Waals surface area (Å²) < 4.78 is 0.702. The maximum atomic E-state index is 12.3. The molecule has 2 rings (SSSR count). The molecule has 0 aliphatic carbocycles. The van der Waals surface area contributed by atoms with Crippen molar-refractivity contribution < 1.29 is 4.79 Å². The zero-order chi connectivity index (χ0) is 14.9. The third-order valence-corrected chi connectivity index (χ3v) is 4.94. The van der Waals surface area contributed by atoms with Crippen molar-refractivity contribution in [2.24, 2.45) is 0 Å². The second-order valence-electron chi connectivity index (χ2n) is 4.69. The topological polar surface area (TPSA) is 29.1 Å². The Morgan fingerprint density at radius 2 is 2.05 bits per heavy atom. The Labute approximate surface area is 136 Å². The van der Waals surface area contributed by atoms with Gasteiger partial charge < -0.3 is 5.32 Å². The summed E-state index contributed by atoms with van der Waals surface area (Å²) in [6.45, 7) is 6.15. The molecule has 1 N–H and O–H groups in total. The molecule has 1 heterocycles. The monoisotopic (exact) mass is 371 g/mol. The number of rotatable bonds is 3. The Hall–Kier alpha value is -0.840. The average molecular weight is 373 g/mol. The summed E-state index contributed by atoms with van der Waals surface area (Å²) in [4.78, 5) is 14.8. The highest BCUT2D eigenvalue weighted by Crippen LogP contribution is 2.27. The van der Waals surface area contributed by atoms with Crippen LogP contribution in [0, 0.1) is 13.8 Å². The molecule has 2 nitrogen and oxygen atoms in total. The number of thiophene rings is 1. The van der Waals surface area contributed by atoms with Gasteiger partial charge in [0.15, 0.2) is 0 Å². The van der Waals surface area contributed by atoms with Crippen LogP contribution in [0.2, 0.25) is 5.02 Å². The van der Waals surface area contributed by atoms with Crippen molar-refractivity contribution in [2.45, 2.75) is 26.8 Å². The molecular weight excluding hydrogens is 358 g/mol. The fourth-order valence-electron chi connectivity index (χ4n) is 2.11. The molecule has 0 spiro atoms. The number of benzene rings is 1. The van der Waals surface area contributed by atoms with Crippen molar-refractivity contribution in [1.82, 2.24) is 5.32 Å². The molecular formula is C15H15BrClNOS. The van der Waals surface area contributed by atoms with E-state index in [0.29, 0.717) is 15.1 Å². The van der Waals surface area contributed by atoms with E-state index < -0.39 is 0 Å². The highest BCUT2D eigenvalue weighted by molar-refractivity contribution is 9.10. The maximum absolute atomic E-state index is 12.3. The Kier molecular flexibility index (Phi) is 4.89. The van der Waals surface area contributed by atoms with E-state index in [1.54, 1.807) is 29.5 Å². The molecule has 1 unspecified atom stereocenters. The molecule has 2 aromatic rings. The number of carbonyl (C=O) groups excluding carboxylic acids is 1. The third-order valence-electron chi connectivity index (χ3n) is 3.07. The predicted octanol–water partition coefficient (Wildman–Crippen LogP) is 5.27. The number of hydrogen-bond acceptors (Lipinski definition) is 2. The minimum atomic E-state index is -0.107. The highest BCUT2D eigenvalue weighted by atomic mass is 79.9. The number of halogens is 2. The second kappa shape index (κ2) is 6.29. The van der Waals surface area contributed by atoms with Crippen molar-refractivity contribution in [2.75, 3.05) is 0 Å². The summed E-state index contributed by atoms with van der Waals surface area (Å²) in [5.41, 5.74) is 1.76. The van der Waals surface area contributed by atoms with Gasteiger partial charge in [0.2, 0.25) is 0 Å². The van der Waals surface area contributed by atoms with Crippen LogP contribution < -0.4 is 5.32 Å². The normalized spacial score (nSPS) is 12.2. The first-order chi connectivity index (χ1) is 9.38. The third kappa shape index (κ3) is 3.43. The fourth-order valence-corrected chi connectivity index (χ4v) is 3.99. The minimum absolute atomic E-state index is 0.0185. The van der Waals surface area contributed by atoms with Gasteiger partial charge in [-0.1, -0.05) is 11.6 Å². The fraction of sp³-hybridized carbons (Fsp3) is 0.267. The van der Waals surface area contributed by atoms with E-state index >= 15 is 0 Å². The van der Waals surface area contributed by atoms with Crippen LogP contribution in [0.15, 0.2) is 28.7 Å². The number of amides is 1. The summed E-state index contributed by atoms with van der Waals surface area (Å²) in [6.07, 6.45) is 0. The van der Waals surface area contributed by atoms with Gasteiger partial charge in [0.1, 0.15) is 0 Å². The summed E-state index contributed by atoms with van der Waals surface area (Å²) in [5, 5.41) is 3.62. The molecule has 106 valence electrons. The van der Waals surface area contributed by atoms with Crippen molar-refractivity contribution >= 4 is 44.8 Å². The van der Waals surface area contributed by atoms with Gasteiger partial charge in [-0.2, -0.15) is 0 Å². The quantitative estimate of drug-likeness (QED) is 0.781. The summed E-state index contributed by atoms with van der Waals surface area (Å²) in [5.74, 6) is -0.107. The first kappa shape index (κ1) is 15.5. The van der Waals surface area contributed by atoms with E-state index in [4.69, 9.17) is 11.6 Å². The van der Waals surface area contributed by atoms with Gasteiger partial charge in [0.25, 0.3) is 5.91 Å². The summed E-state index contributed by atoms with van der Waals surface area (Å²) in [6, 6.07) is 7.27. The van der Waals surface area contributed by atoms with Crippen LogP contribution in [0.3, 0.4) is 0 Å². The molecule has 1 amide bonds. The number of nitrogens with one attached hydrogen (secondary N) is 1. The van der Waals surface area contributed by atoms with E-state index in [-0.39, 0.29) is 11.9 Å². The molecule has 0 radical (unpaired) electrons. The first-order valence-electron chi connectivity index (χ1n) is 6.21. The molecule has 0 aliphatic heterocycles. The molecule has 20 heavy (non-hydrogen) atoms. The van der Waals surface area contributed by atoms with E-state index in [9.17, 15) is 4.79 Å². The van der Waals surface area contributed by atoms with Crippen LogP contribution in [-0.4, -0.2) is 5.91 Å². The maximum Gasteiger partial charge on any atom is 0.252 e. The van der Waals surface area contributed by atoms with Crippen LogP contribution in [0.5, 0.6) is 0 Å². The lowest BCUT2D eigenvalue weighted by Gasteiger charge is -2.14. The van der Waals surface area contributed by atoms with E-state index in [1.165, 1.54) is 15.3 Å². The van der Waals surface area contributed by atoms with Gasteiger partial charge >= 0.3 is 0 Å². The number of hydrogen-bond donors (Lipinski definition) is 1. The van der Waals surface area contributed by atoms with Gasteiger partial charge in [-0.05, 0) is 66.5 Å². The Morgan fingerprint density at radius 3 is 2.60 bits per heavy atom. The van der Waals surface area contributed by atoms with Crippen molar-refractivity contribution in [3.8, 4) is 0 Å². The van der Waals surface area contributed by atoms with Gasteiger partial charge in [-0.3, -0.25) is 4.79 Å². The van der Waals surface area contributed by atoms with Crippen LogP contribution in [-0.2, 0) is 0 Å². The van der Waals surface area contributed by atoms with Gasteiger partial charge in [-0.15, -0.1) is 11.3 Å². The number of aryl methyl sites for hydroxylation is 2. The molecule has 0 fully saturated rings. The molecule has 1 aromatic heterocycles. The average Bonchev–Trinajstić information content (AvgIpc) is 2.68. The molecule has 0 saturated carbocycles. The second-order valence-corrected chi connectivity index (χ2v) is 7.44. The first-order valence-corrected chi connectivity index (χ1v) is 8.20. The summed E-state index contributed by atoms with van der Waals surface area (Å²) >= 11 is 11.0. The zero-order valence-corrected chi connectivity index (χ0v) is 14.6. The lowest BCUT2D eigenvalue weighted by atomic mass is 10.1. The van der Waals surface area contributed by atoms with E-state index in [1.807, 2.05) is 6.92 Å². The molecule has 0 saturated heterocycles. The molecule has 0 aliphatic rings. The molecule has 0 bridgehead atoms. The Balaban J connectivity index is 2.17. The van der Waals surface area contributed by atoms with E-state index in [0.717, 1.165) is 0 Å². The largest absolute Gasteiger partial charge is 0.345 e. The standard InChI is InChI=1S/C15H15BrClNOS/c1-8-6-13(10(3)20-8)9(2)18-15(19)12-5-4-11(17)7-14(12)16/h4-7,9H,1-3H3,(H,18,19). The lowest BCUT2D eigenvalue weighted by Crippen LogP contribution is -2.27. The van der Waals surface area contributed by atoms with Gasteiger partial charge in [-0.25, -0.2) is 0 Å². The van der Waals surface area contributed by atoms with Crippen molar-refractivity contribution in [3.63, 3.8) is 0 Å². The molecule has 1 atom stereocenters. The Bertz CT molecular complexity index is 653. The molecule has 1 aromatic carbocycles. The van der Waals surface area contributed by atoms with Crippen LogP contribution in [0.25, 0.3) is 0 Å². The number of carbonyl (C=O) groups is 1. The van der Waals surface area contributed by atoms with Crippen molar-refractivity contribution in [1.29, 1.82) is 0 Å². The highest BCUT2D eigenvalue weighted by Gasteiger charge is 2.16. The van der Waals surface area contributed by atoms with Gasteiger partial charge in [0.05, 0.1) is 11.6 Å².